The number of carbonyl (C=O) groups is 2. The van der Waals surface area contributed by atoms with Crippen LogP contribution in [0, 0.1) is 0 Å². The van der Waals surface area contributed by atoms with Gasteiger partial charge in [-0.1, -0.05) is 73.7 Å². The van der Waals surface area contributed by atoms with E-state index in [2.05, 4.69) is 12.2 Å². The zero-order chi connectivity index (χ0) is 19.6. The molecule has 1 aliphatic rings. The van der Waals surface area contributed by atoms with Crippen molar-refractivity contribution < 1.29 is 9.59 Å². The molecule has 1 heterocycles. The minimum absolute atomic E-state index is 0.0334. The van der Waals surface area contributed by atoms with Crippen LogP contribution in [0.25, 0.3) is 6.08 Å². The fourth-order valence-electron chi connectivity index (χ4n) is 2.64. The van der Waals surface area contributed by atoms with Crippen molar-refractivity contribution in [2.75, 3.05) is 13.1 Å². The number of nitrogens with zero attached hydrogens (tertiary/aromatic N) is 1. The lowest BCUT2D eigenvalue weighted by Crippen LogP contribution is -2.30. The summed E-state index contributed by atoms with van der Waals surface area (Å²) >= 11 is 6.67. The number of hydrogen-bond donors (Lipinski definition) is 1. The molecule has 0 unspecified atom stereocenters. The van der Waals surface area contributed by atoms with Crippen LogP contribution in [-0.4, -0.2) is 34.1 Å². The van der Waals surface area contributed by atoms with Gasteiger partial charge in [-0.3, -0.25) is 14.5 Å². The van der Waals surface area contributed by atoms with Crippen molar-refractivity contribution in [1.29, 1.82) is 0 Å². The van der Waals surface area contributed by atoms with Crippen LogP contribution < -0.4 is 5.32 Å². The number of allylic oxidation sites excluding steroid dienone is 2. The van der Waals surface area contributed by atoms with Crippen LogP contribution in [0.3, 0.4) is 0 Å². The quantitative estimate of drug-likeness (QED) is 0.374. The Morgan fingerprint density at radius 2 is 2.00 bits per heavy atom. The van der Waals surface area contributed by atoms with Gasteiger partial charge >= 0.3 is 0 Å². The first-order valence-corrected chi connectivity index (χ1v) is 10.5. The van der Waals surface area contributed by atoms with E-state index in [4.69, 9.17) is 12.2 Å². The SMILES string of the molecule is CCCCNC(=O)CCCN1C(=O)/C(=C/C(C)=C/c2ccccc2)SC1=S. The first-order valence-electron chi connectivity index (χ1n) is 9.26. The topological polar surface area (TPSA) is 49.4 Å². The van der Waals surface area contributed by atoms with E-state index in [1.165, 1.54) is 11.8 Å². The molecule has 1 fully saturated rings. The molecule has 1 aromatic carbocycles. The second-order valence-corrected chi connectivity index (χ2v) is 8.12. The number of thiocarbonyl (C=S) groups is 1. The molecule has 2 amide bonds. The first kappa shape index (κ1) is 21.4. The number of unbranched alkanes of at least 4 members (excludes halogenated alkanes) is 1. The van der Waals surface area contributed by atoms with Gasteiger partial charge in [0.25, 0.3) is 5.91 Å². The minimum atomic E-state index is -0.0720. The smallest absolute Gasteiger partial charge is 0.266 e. The maximum Gasteiger partial charge on any atom is 0.266 e. The van der Waals surface area contributed by atoms with Gasteiger partial charge in [-0.15, -0.1) is 0 Å². The first-order chi connectivity index (χ1) is 13.0. The maximum atomic E-state index is 12.6. The molecular formula is C21H26N2O2S2. The second-order valence-electron chi connectivity index (χ2n) is 6.44. The van der Waals surface area contributed by atoms with Gasteiger partial charge in [0, 0.05) is 19.5 Å². The lowest BCUT2D eigenvalue weighted by Gasteiger charge is -2.14. The van der Waals surface area contributed by atoms with E-state index in [0.717, 1.165) is 24.0 Å². The summed E-state index contributed by atoms with van der Waals surface area (Å²) in [6, 6.07) is 9.98. The normalized spacial score (nSPS) is 16.3. The molecule has 2 rings (SSSR count). The highest BCUT2D eigenvalue weighted by molar-refractivity contribution is 8.26. The van der Waals surface area contributed by atoms with Gasteiger partial charge in [0.1, 0.15) is 4.32 Å². The fraction of sp³-hybridized carbons (Fsp3) is 0.381. The van der Waals surface area contributed by atoms with Gasteiger partial charge < -0.3 is 5.32 Å². The Kier molecular flexibility index (Phi) is 8.75. The summed E-state index contributed by atoms with van der Waals surface area (Å²) in [6.07, 6.45) is 6.97. The van der Waals surface area contributed by atoms with Crippen molar-refractivity contribution in [3.63, 3.8) is 0 Å². The van der Waals surface area contributed by atoms with Gasteiger partial charge in [0.2, 0.25) is 5.91 Å². The van der Waals surface area contributed by atoms with Crippen molar-refractivity contribution in [1.82, 2.24) is 10.2 Å². The molecule has 0 spiro atoms. The Balaban J connectivity index is 1.88. The van der Waals surface area contributed by atoms with Crippen molar-refractivity contribution in [2.24, 2.45) is 0 Å². The van der Waals surface area contributed by atoms with Crippen LogP contribution in [-0.2, 0) is 9.59 Å². The van der Waals surface area contributed by atoms with Gasteiger partial charge in [0.05, 0.1) is 4.91 Å². The van der Waals surface area contributed by atoms with Crippen LogP contribution in [0.15, 0.2) is 46.9 Å². The highest BCUT2D eigenvalue weighted by Crippen LogP contribution is 2.32. The summed E-state index contributed by atoms with van der Waals surface area (Å²) in [5.74, 6) is -0.0386. The third kappa shape index (κ3) is 6.96. The highest BCUT2D eigenvalue weighted by Gasteiger charge is 2.31. The van der Waals surface area contributed by atoms with Crippen molar-refractivity contribution in [3.05, 3.63) is 52.4 Å². The Labute approximate surface area is 171 Å². The van der Waals surface area contributed by atoms with E-state index in [-0.39, 0.29) is 11.8 Å². The number of hydrogen-bond acceptors (Lipinski definition) is 4. The van der Waals surface area contributed by atoms with E-state index >= 15 is 0 Å². The molecule has 0 aromatic heterocycles. The highest BCUT2D eigenvalue weighted by atomic mass is 32.2. The molecule has 27 heavy (non-hydrogen) atoms. The molecule has 4 nitrogen and oxygen atoms in total. The Morgan fingerprint density at radius 3 is 2.70 bits per heavy atom. The number of amides is 2. The summed E-state index contributed by atoms with van der Waals surface area (Å²) < 4.78 is 0.560. The minimum Gasteiger partial charge on any atom is -0.356 e. The van der Waals surface area contributed by atoms with E-state index in [1.54, 1.807) is 4.90 Å². The fourth-order valence-corrected chi connectivity index (χ4v) is 4.00. The van der Waals surface area contributed by atoms with Crippen LogP contribution in [0.2, 0.25) is 0 Å². The van der Waals surface area contributed by atoms with Gasteiger partial charge in [0.15, 0.2) is 0 Å². The third-order valence-corrected chi connectivity index (χ3v) is 5.44. The van der Waals surface area contributed by atoms with E-state index in [0.29, 0.717) is 35.2 Å². The maximum absolute atomic E-state index is 12.6. The molecule has 1 aliphatic heterocycles. The molecule has 0 bridgehead atoms. The molecule has 0 atom stereocenters. The summed E-state index contributed by atoms with van der Waals surface area (Å²) in [7, 11) is 0. The standard InChI is InChI=1S/C21H26N2O2S2/c1-3-4-12-22-19(24)11-8-13-23-20(25)18(27-21(23)26)15-16(2)14-17-9-6-5-7-10-17/h5-7,9-10,14-15H,3-4,8,11-13H2,1-2H3,(H,22,24)/b16-14+,18-15-. The molecular weight excluding hydrogens is 376 g/mol. The molecule has 1 N–H and O–H groups in total. The lowest BCUT2D eigenvalue weighted by atomic mass is 10.1. The summed E-state index contributed by atoms with van der Waals surface area (Å²) in [5.41, 5.74) is 2.09. The molecule has 144 valence electrons. The van der Waals surface area contributed by atoms with E-state index in [9.17, 15) is 9.59 Å². The Morgan fingerprint density at radius 1 is 1.26 bits per heavy atom. The largest absolute Gasteiger partial charge is 0.356 e. The van der Waals surface area contributed by atoms with Gasteiger partial charge in [-0.2, -0.15) is 0 Å². The average molecular weight is 403 g/mol. The molecule has 6 heteroatoms. The van der Waals surface area contributed by atoms with Crippen LogP contribution in [0.4, 0.5) is 0 Å². The predicted molar refractivity (Wildman–Crippen MR) is 117 cm³/mol. The predicted octanol–water partition coefficient (Wildman–Crippen LogP) is 4.53. The monoisotopic (exact) mass is 402 g/mol. The molecule has 0 radical (unpaired) electrons. The zero-order valence-electron chi connectivity index (χ0n) is 15.9. The average Bonchev–Trinajstić information content (AvgIpc) is 2.90. The Bertz CT molecular complexity index is 742. The number of nitrogens with one attached hydrogen (secondary N) is 1. The van der Waals surface area contributed by atoms with E-state index in [1.807, 2.05) is 49.4 Å². The summed E-state index contributed by atoms with van der Waals surface area (Å²) in [6.45, 7) is 5.25. The number of thioether (sulfide) groups is 1. The molecule has 1 saturated heterocycles. The second kappa shape index (κ2) is 11.0. The summed E-state index contributed by atoms with van der Waals surface area (Å²) in [5, 5.41) is 2.89. The molecule has 1 aromatic rings. The molecule has 0 aliphatic carbocycles. The van der Waals surface area contributed by atoms with Crippen molar-refractivity contribution in [3.8, 4) is 0 Å². The number of carbonyl (C=O) groups excluding carboxylic acids is 2. The van der Waals surface area contributed by atoms with Crippen molar-refractivity contribution >= 4 is 46.2 Å². The van der Waals surface area contributed by atoms with Gasteiger partial charge in [-0.05, 0) is 37.0 Å². The summed E-state index contributed by atoms with van der Waals surface area (Å²) in [4.78, 5) is 26.6. The third-order valence-electron chi connectivity index (χ3n) is 4.06. The van der Waals surface area contributed by atoms with Crippen molar-refractivity contribution in [2.45, 2.75) is 39.5 Å². The van der Waals surface area contributed by atoms with Crippen LogP contribution >= 0.6 is 24.0 Å². The van der Waals surface area contributed by atoms with E-state index < -0.39 is 0 Å². The number of rotatable bonds is 9. The van der Waals surface area contributed by atoms with Gasteiger partial charge in [-0.25, -0.2) is 0 Å². The van der Waals surface area contributed by atoms with Crippen LogP contribution in [0.1, 0.15) is 45.1 Å². The zero-order valence-corrected chi connectivity index (χ0v) is 17.5. The van der Waals surface area contributed by atoms with Crippen LogP contribution in [0.5, 0.6) is 0 Å². The Hall–Kier alpha value is -1.92. The molecule has 0 saturated carbocycles. The number of benzene rings is 1. The lowest BCUT2D eigenvalue weighted by molar-refractivity contribution is -0.124.